The zero-order valence-corrected chi connectivity index (χ0v) is 13.6. The lowest BCUT2D eigenvalue weighted by Gasteiger charge is -2.13. The molecule has 0 saturated carbocycles. The van der Waals surface area contributed by atoms with E-state index < -0.39 is 0 Å². The van der Waals surface area contributed by atoms with Gasteiger partial charge in [0.1, 0.15) is 11.3 Å². The molecule has 0 aliphatic heterocycles. The van der Waals surface area contributed by atoms with E-state index in [1.165, 1.54) is 0 Å². The molecular weight excluding hydrogens is 305 g/mol. The Kier molecular flexibility index (Phi) is 3.64. The highest BCUT2D eigenvalue weighted by Gasteiger charge is 2.19. The van der Waals surface area contributed by atoms with E-state index in [9.17, 15) is 0 Å². The number of halogens is 2. The van der Waals surface area contributed by atoms with E-state index in [-0.39, 0.29) is 5.38 Å². The minimum absolute atomic E-state index is 0.225. The molecule has 0 N–H and O–H groups in total. The van der Waals surface area contributed by atoms with Crippen LogP contribution in [0.15, 0.2) is 30.5 Å². The van der Waals surface area contributed by atoms with Crippen molar-refractivity contribution in [2.45, 2.75) is 26.1 Å². The molecule has 3 nitrogen and oxygen atoms in total. The maximum atomic E-state index is 6.33. The van der Waals surface area contributed by atoms with E-state index in [1.807, 2.05) is 49.6 Å². The molecule has 0 radical (unpaired) electrons. The molecule has 21 heavy (non-hydrogen) atoms. The molecule has 0 saturated heterocycles. The summed E-state index contributed by atoms with van der Waals surface area (Å²) in [5, 5.41) is 0.454. The van der Waals surface area contributed by atoms with Crippen molar-refractivity contribution in [3.63, 3.8) is 0 Å². The Labute approximate surface area is 133 Å². The molecule has 0 fully saturated rings. The first-order valence-corrected chi connectivity index (χ1v) is 7.55. The van der Waals surface area contributed by atoms with Crippen LogP contribution in [0.2, 0.25) is 5.02 Å². The van der Waals surface area contributed by atoms with E-state index in [2.05, 4.69) is 9.97 Å². The highest BCUT2D eigenvalue weighted by Crippen LogP contribution is 2.30. The lowest BCUT2D eigenvalue weighted by molar-refractivity contribution is 0.872. The normalized spacial score (nSPS) is 12.8. The van der Waals surface area contributed by atoms with Gasteiger partial charge in [-0.3, -0.25) is 4.57 Å². The highest BCUT2D eigenvalue weighted by molar-refractivity contribution is 6.30. The molecule has 1 aromatic carbocycles. The van der Waals surface area contributed by atoms with Gasteiger partial charge in [0.05, 0.1) is 11.1 Å². The lowest BCUT2D eigenvalue weighted by Crippen LogP contribution is -2.04. The van der Waals surface area contributed by atoms with Gasteiger partial charge in [-0.15, -0.1) is 11.6 Å². The van der Waals surface area contributed by atoms with Crippen LogP contribution in [-0.4, -0.2) is 14.5 Å². The van der Waals surface area contributed by atoms with Crippen molar-refractivity contribution in [3.05, 3.63) is 52.4 Å². The number of hydrogen-bond acceptors (Lipinski definition) is 2. The van der Waals surface area contributed by atoms with Crippen LogP contribution in [0, 0.1) is 13.8 Å². The van der Waals surface area contributed by atoms with Crippen LogP contribution in [0.25, 0.3) is 16.9 Å². The fraction of sp³-hybridized carbons (Fsp3) is 0.250. The first-order valence-electron chi connectivity index (χ1n) is 6.73. The van der Waals surface area contributed by atoms with Crippen LogP contribution in [0.4, 0.5) is 0 Å². The van der Waals surface area contributed by atoms with Crippen LogP contribution in [0.3, 0.4) is 0 Å². The smallest absolute Gasteiger partial charge is 0.164 e. The topological polar surface area (TPSA) is 30.7 Å². The molecule has 0 aliphatic rings. The maximum Gasteiger partial charge on any atom is 0.164 e. The number of aromatic nitrogens is 3. The summed E-state index contributed by atoms with van der Waals surface area (Å²) in [6.45, 7) is 5.97. The Morgan fingerprint density at radius 3 is 2.62 bits per heavy atom. The van der Waals surface area contributed by atoms with Crippen LogP contribution >= 0.6 is 23.2 Å². The van der Waals surface area contributed by atoms with E-state index in [1.54, 1.807) is 6.20 Å². The third-order valence-corrected chi connectivity index (χ3v) is 3.97. The van der Waals surface area contributed by atoms with Crippen LogP contribution in [0.5, 0.6) is 0 Å². The summed E-state index contributed by atoms with van der Waals surface area (Å²) >= 11 is 12.5. The molecule has 1 atom stereocenters. The predicted molar refractivity (Wildman–Crippen MR) is 87.6 cm³/mol. The quantitative estimate of drug-likeness (QED) is 0.623. The Morgan fingerprint density at radius 2 is 1.90 bits per heavy atom. The fourth-order valence-corrected chi connectivity index (χ4v) is 2.75. The zero-order chi connectivity index (χ0) is 15.1. The molecular formula is C16H15Cl2N3. The number of imidazole rings is 1. The van der Waals surface area contributed by atoms with Crippen molar-refractivity contribution in [1.29, 1.82) is 0 Å². The van der Waals surface area contributed by atoms with Crippen molar-refractivity contribution in [1.82, 2.24) is 14.5 Å². The van der Waals surface area contributed by atoms with E-state index in [0.717, 1.165) is 33.8 Å². The van der Waals surface area contributed by atoms with E-state index in [4.69, 9.17) is 23.2 Å². The van der Waals surface area contributed by atoms with Crippen LogP contribution < -0.4 is 0 Å². The van der Waals surface area contributed by atoms with Gasteiger partial charge in [0, 0.05) is 11.2 Å². The van der Waals surface area contributed by atoms with Gasteiger partial charge in [0.15, 0.2) is 5.65 Å². The standard InChI is InChI=1S/C16H15Cl2N3/c1-9-4-5-12(18)8-13(9)21-15(11(3)17)20-14-10(2)6-7-19-16(14)21/h4-8,11H,1-3H3. The minimum atomic E-state index is -0.225. The van der Waals surface area contributed by atoms with Crippen molar-refractivity contribution in [2.24, 2.45) is 0 Å². The van der Waals surface area contributed by atoms with Crippen molar-refractivity contribution < 1.29 is 0 Å². The summed E-state index contributed by atoms with van der Waals surface area (Å²) in [7, 11) is 0. The summed E-state index contributed by atoms with van der Waals surface area (Å²) < 4.78 is 2.00. The van der Waals surface area contributed by atoms with Gasteiger partial charge in [0.25, 0.3) is 0 Å². The molecule has 0 spiro atoms. The molecule has 1 unspecified atom stereocenters. The first-order chi connectivity index (χ1) is 9.99. The van der Waals surface area contributed by atoms with Crippen molar-refractivity contribution in [3.8, 4) is 5.69 Å². The summed E-state index contributed by atoms with van der Waals surface area (Å²) in [4.78, 5) is 9.18. The van der Waals surface area contributed by atoms with Gasteiger partial charge in [-0.25, -0.2) is 9.97 Å². The summed E-state index contributed by atoms with van der Waals surface area (Å²) in [6.07, 6.45) is 1.79. The van der Waals surface area contributed by atoms with E-state index in [0.29, 0.717) is 5.02 Å². The first kappa shape index (κ1) is 14.4. The number of fused-ring (bicyclic) bond motifs is 1. The predicted octanol–water partition coefficient (Wildman–Crippen LogP) is 4.99. The van der Waals surface area contributed by atoms with Gasteiger partial charge < -0.3 is 0 Å². The number of aryl methyl sites for hydroxylation is 2. The third-order valence-electron chi connectivity index (χ3n) is 3.54. The average Bonchev–Trinajstić information content (AvgIpc) is 2.82. The molecule has 0 bridgehead atoms. The number of hydrogen-bond donors (Lipinski definition) is 0. The van der Waals surface area contributed by atoms with Crippen molar-refractivity contribution in [2.75, 3.05) is 0 Å². The second-order valence-electron chi connectivity index (χ2n) is 5.15. The fourth-order valence-electron chi connectivity index (χ4n) is 2.44. The Bertz CT molecular complexity index is 822. The van der Waals surface area contributed by atoms with Gasteiger partial charge in [-0.05, 0) is 50.1 Å². The third kappa shape index (κ3) is 2.41. The minimum Gasteiger partial charge on any atom is -0.279 e. The molecule has 0 amide bonds. The Hall–Kier alpha value is -1.58. The van der Waals surface area contributed by atoms with Crippen LogP contribution in [0.1, 0.15) is 29.3 Å². The van der Waals surface area contributed by atoms with Crippen LogP contribution in [-0.2, 0) is 0 Å². The van der Waals surface area contributed by atoms with E-state index >= 15 is 0 Å². The summed E-state index contributed by atoms with van der Waals surface area (Å²) in [5.74, 6) is 0.777. The van der Waals surface area contributed by atoms with Gasteiger partial charge >= 0.3 is 0 Å². The summed E-state index contributed by atoms with van der Waals surface area (Å²) in [5.41, 5.74) is 4.82. The lowest BCUT2D eigenvalue weighted by atomic mass is 10.2. The summed E-state index contributed by atoms with van der Waals surface area (Å²) in [6, 6.07) is 7.74. The number of benzene rings is 1. The molecule has 3 aromatic rings. The highest BCUT2D eigenvalue weighted by atomic mass is 35.5. The average molecular weight is 320 g/mol. The number of rotatable bonds is 2. The molecule has 108 valence electrons. The van der Waals surface area contributed by atoms with Gasteiger partial charge in [0.2, 0.25) is 0 Å². The molecule has 2 aromatic heterocycles. The van der Waals surface area contributed by atoms with Gasteiger partial charge in [-0.1, -0.05) is 17.7 Å². The van der Waals surface area contributed by atoms with Gasteiger partial charge in [-0.2, -0.15) is 0 Å². The molecule has 3 rings (SSSR count). The Balaban J connectivity index is 2.42. The number of nitrogens with zero attached hydrogens (tertiary/aromatic N) is 3. The van der Waals surface area contributed by atoms with Crippen molar-refractivity contribution >= 4 is 34.4 Å². The monoisotopic (exact) mass is 319 g/mol. The largest absolute Gasteiger partial charge is 0.279 e. The number of pyridine rings is 1. The molecule has 2 heterocycles. The SMILES string of the molecule is Cc1ccc(Cl)cc1-n1c(C(C)Cl)nc2c(C)ccnc21. The second kappa shape index (κ2) is 5.32. The molecule has 5 heteroatoms. The molecule has 0 aliphatic carbocycles. The Morgan fingerprint density at radius 1 is 1.14 bits per heavy atom. The maximum absolute atomic E-state index is 6.33. The number of alkyl halides is 1. The zero-order valence-electron chi connectivity index (χ0n) is 12.1. The second-order valence-corrected chi connectivity index (χ2v) is 6.24.